The third-order valence-corrected chi connectivity index (χ3v) is 3.79. The summed E-state index contributed by atoms with van der Waals surface area (Å²) in [4.78, 5) is 9.03. The molecule has 1 aromatic heterocycles. The fourth-order valence-corrected chi connectivity index (χ4v) is 2.36. The molecule has 26 heavy (non-hydrogen) atoms. The summed E-state index contributed by atoms with van der Waals surface area (Å²) in [7, 11) is 3.29. The monoisotopic (exact) mass is 470 g/mol. The maximum atomic E-state index is 5.43. The highest BCUT2D eigenvalue weighted by Gasteiger charge is 2.06. The summed E-state index contributed by atoms with van der Waals surface area (Å²) < 4.78 is 10.7. The fraction of sp³-hybridized carbons (Fsp3) is 0.368. The van der Waals surface area contributed by atoms with E-state index in [1.165, 1.54) is 0 Å². The van der Waals surface area contributed by atoms with Gasteiger partial charge in [-0.3, -0.25) is 4.98 Å². The number of guanidine groups is 1. The van der Waals surface area contributed by atoms with Gasteiger partial charge in [0.05, 0.1) is 33.0 Å². The fourth-order valence-electron chi connectivity index (χ4n) is 2.36. The second-order valence-corrected chi connectivity index (χ2v) is 5.49. The zero-order valence-corrected chi connectivity index (χ0v) is 18.0. The Kier molecular flexibility index (Phi) is 9.79. The average molecular weight is 470 g/mol. The lowest BCUT2D eigenvalue weighted by molar-refractivity contribution is 0.391. The Hall–Kier alpha value is -2.03. The highest BCUT2D eigenvalue weighted by atomic mass is 127. The lowest BCUT2D eigenvalue weighted by Crippen LogP contribution is -2.37. The number of hydrogen-bond donors (Lipinski definition) is 2. The Labute approximate surface area is 172 Å². The topological polar surface area (TPSA) is 67.8 Å². The Morgan fingerprint density at radius 2 is 1.96 bits per heavy atom. The first-order chi connectivity index (χ1) is 12.2. The van der Waals surface area contributed by atoms with Gasteiger partial charge in [-0.05, 0) is 37.6 Å². The van der Waals surface area contributed by atoms with Crippen LogP contribution < -0.4 is 20.1 Å². The van der Waals surface area contributed by atoms with Gasteiger partial charge in [-0.1, -0.05) is 6.07 Å². The molecule has 0 atom stereocenters. The van der Waals surface area contributed by atoms with Gasteiger partial charge in [-0.25, -0.2) is 4.99 Å². The molecule has 0 aliphatic carbocycles. The van der Waals surface area contributed by atoms with Gasteiger partial charge in [0, 0.05) is 24.4 Å². The van der Waals surface area contributed by atoms with E-state index in [4.69, 9.17) is 9.47 Å². The first-order valence-electron chi connectivity index (χ1n) is 8.31. The molecule has 0 saturated carbocycles. The van der Waals surface area contributed by atoms with Crippen LogP contribution >= 0.6 is 24.0 Å². The minimum absolute atomic E-state index is 0. The Morgan fingerprint density at radius 1 is 1.15 bits per heavy atom. The van der Waals surface area contributed by atoms with Gasteiger partial charge in [0.1, 0.15) is 11.5 Å². The highest BCUT2D eigenvalue weighted by molar-refractivity contribution is 14.0. The minimum Gasteiger partial charge on any atom is -0.497 e. The van der Waals surface area contributed by atoms with Crippen LogP contribution in [0.15, 0.2) is 41.5 Å². The van der Waals surface area contributed by atoms with E-state index in [9.17, 15) is 0 Å². The normalized spacial score (nSPS) is 10.7. The third kappa shape index (κ3) is 6.36. The van der Waals surface area contributed by atoms with E-state index in [1.54, 1.807) is 20.4 Å². The number of aromatic nitrogens is 1. The number of ether oxygens (including phenoxy) is 2. The molecule has 0 radical (unpaired) electrons. The van der Waals surface area contributed by atoms with E-state index in [2.05, 4.69) is 33.6 Å². The van der Waals surface area contributed by atoms with E-state index >= 15 is 0 Å². The lowest BCUT2D eigenvalue weighted by atomic mass is 10.2. The molecule has 0 unspecified atom stereocenters. The summed E-state index contributed by atoms with van der Waals surface area (Å²) in [6.45, 7) is 6.00. The third-order valence-electron chi connectivity index (χ3n) is 3.79. The van der Waals surface area contributed by atoms with Crippen LogP contribution in [0.25, 0.3) is 0 Å². The van der Waals surface area contributed by atoms with Crippen molar-refractivity contribution in [1.29, 1.82) is 0 Å². The molecular formula is C19H27IN4O2. The molecule has 142 valence electrons. The van der Waals surface area contributed by atoms with Gasteiger partial charge in [0.25, 0.3) is 0 Å². The lowest BCUT2D eigenvalue weighted by Gasteiger charge is -2.13. The molecule has 0 amide bonds. The number of nitrogens with one attached hydrogen (secondary N) is 2. The highest BCUT2D eigenvalue weighted by Crippen LogP contribution is 2.25. The zero-order chi connectivity index (χ0) is 18.1. The summed E-state index contributed by atoms with van der Waals surface area (Å²) in [5, 5.41) is 6.57. The first kappa shape index (κ1) is 22.0. The van der Waals surface area contributed by atoms with Crippen LogP contribution in [0.2, 0.25) is 0 Å². The Bertz CT molecular complexity index is 722. The van der Waals surface area contributed by atoms with E-state index in [-0.39, 0.29) is 24.0 Å². The number of methoxy groups -OCH3 is 2. The molecule has 0 fully saturated rings. The zero-order valence-electron chi connectivity index (χ0n) is 15.7. The van der Waals surface area contributed by atoms with Crippen molar-refractivity contribution < 1.29 is 9.47 Å². The summed E-state index contributed by atoms with van der Waals surface area (Å²) >= 11 is 0. The second kappa shape index (κ2) is 11.6. The molecule has 0 aliphatic rings. The summed E-state index contributed by atoms with van der Waals surface area (Å²) in [5.41, 5.74) is 3.16. The van der Waals surface area contributed by atoms with E-state index in [0.717, 1.165) is 40.8 Å². The Morgan fingerprint density at radius 3 is 2.62 bits per heavy atom. The molecule has 0 saturated heterocycles. The maximum absolute atomic E-state index is 5.43. The standard InChI is InChI=1S/C19H26N4O2.HI/c1-5-20-19(23-13-17-14(2)7-6-10-21-17)22-12-15-8-9-16(24-3)11-18(15)25-4;/h6-11H,5,12-13H2,1-4H3,(H2,20,22,23);1H. The number of benzene rings is 1. The SMILES string of the molecule is CCNC(=NCc1ccc(OC)cc1OC)NCc1ncccc1C.I. The van der Waals surface area contributed by atoms with E-state index in [0.29, 0.717) is 13.1 Å². The predicted octanol–water partition coefficient (Wildman–Crippen LogP) is 3.28. The maximum Gasteiger partial charge on any atom is 0.191 e. The van der Waals surface area contributed by atoms with Crippen molar-refractivity contribution in [2.24, 2.45) is 4.99 Å². The van der Waals surface area contributed by atoms with Crippen LogP contribution in [-0.4, -0.2) is 31.7 Å². The summed E-state index contributed by atoms with van der Waals surface area (Å²) in [6, 6.07) is 9.73. The number of pyridine rings is 1. The van der Waals surface area contributed by atoms with Gasteiger partial charge in [0.15, 0.2) is 5.96 Å². The molecule has 7 heteroatoms. The van der Waals surface area contributed by atoms with Gasteiger partial charge < -0.3 is 20.1 Å². The molecule has 0 spiro atoms. The summed E-state index contributed by atoms with van der Waals surface area (Å²) in [6.07, 6.45) is 1.80. The number of aryl methyl sites for hydroxylation is 1. The molecule has 6 nitrogen and oxygen atoms in total. The van der Waals surface area contributed by atoms with Crippen molar-refractivity contribution >= 4 is 29.9 Å². The van der Waals surface area contributed by atoms with Crippen LogP contribution in [0.1, 0.15) is 23.7 Å². The second-order valence-electron chi connectivity index (χ2n) is 5.49. The minimum atomic E-state index is 0. The van der Waals surface area contributed by atoms with Crippen molar-refractivity contribution in [1.82, 2.24) is 15.6 Å². The average Bonchev–Trinajstić information content (AvgIpc) is 2.65. The van der Waals surface area contributed by atoms with Crippen LogP contribution in [-0.2, 0) is 13.1 Å². The molecule has 0 bridgehead atoms. The van der Waals surface area contributed by atoms with Crippen molar-refractivity contribution in [3.63, 3.8) is 0 Å². The van der Waals surface area contributed by atoms with Crippen LogP contribution in [0.3, 0.4) is 0 Å². The van der Waals surface area contributed by atoms with Crippen LogP contribution in [0.4, 0.5) is 0 Å². The predicted molar refractivity (Wildman–Crippen MR) is 116 cm³/mol. The van der Waals surface area contributed by atoms with Gasteiger partial charge >= 0.3 is 0 Å². The van der Waals surface area contributed by atoms with E-state index in [1.807, 2.05) is 31.2 Å². The molecule has 0 aliphatic heterocycles. The molecule has 2 rings (SSSR count). The molecule has 2 N–H and O–H groups in total. The number of aliphatic imine (C=N–C) groups is 1. The number of rotatable bonds is 7. The number of hydrogen-bond acceptors (Lipinski definition) is 4. The van der Waals surface area contributed by atoms with Gasteiger partial charge in [0.2, 0.25) is 0 Å². The number of nitrogens with zero attached hydrogens (tertiary/aromatic N) is 2. The largest absolute Gasteiger partial charge is 0.497 e. The molecule has 2 aromatic rings. The molecular weight excluding hydrogens is 443 g/mol. The van der Waals surface area contributed by atoms with Crippen molar-refractivity contribution in [2.75, 3.05) is 20.8 Å². The van der Waals surface area contributed by atoms with Crippen LogP contribution in [0, 0.1) is 6.92 Å². The van der Waals surface area contributed by atoms with E-state index < -0.39 is 0 Å². The van der Waals surface area contributed by atoms with Crippen molar-refractivity contribution in [3.05, 3.63) is 53.3 Å². The van der Waals surface area contributed by atoms with Crippen LogP contribution in [0.5, 0.6) is 11.5 Å². The first-order valence-corrected chi connectivity index (χ1v) is 8.31. The number of halogens is 1. The smallest absolute Gasteiger partial charge is 0.191 e. The summed E-state index contributed by atoms with van der Waals surface area (Å²) in [5.74, 6) is 2.27. The van der Waals surface area contributed by atoms with Gasteiger partial charge in [-0.15, -0.1) is 24.0 Å². The molecule has 1 aromatic carbocycles. The van der Waals surface area contributed by atoms with Crippen molar-refractivity contribution in [2.45, 2.75) is 26.9 Å². The Balaban J connectivity index is 0.00000338. The van der Waals surface area contributed by atoms with Crippen molar-refractivity contribution in [3.8, 4) is 11.5 Å². The van der Waals surface area contributed by atoms with Gasteiger partial charge in [-0.2, -0.15) is 0 Å². The molecule has 1 heterocycles. The quantitative estimate of drug-likeness (QED) is 0.370.